The zero-order chi connectivity index (χ0) is 25.2. The predicted octanol–water partition coefficient (Wildman–Crippen LogP) is 4.06. The standard InChI is InChI=1S/C25H29FN4O4S/c1-4-29(5-2)14-6-8-17-16-18(26)10-13-21(17)35(32,33)28-19-11-12-20-24(23(19)25(31)34-3)27-22-9-7-15-30(20)22/h6,8,10-13,16,28H,4-5,7,9,14-15H2,1-3H3/b8-6-. The number of halogens is 1. The number of nitrogens with zero attached hydrogens (tertiary/aromatic N) is 3. The van der Waals surface area contributed by atoms with E-state index in [4.69, 9.17) is 4.74 Å². The summed E-state index contributed by atoms with van der Waals surface area (Å²) in [6.07, 6.45) is 5.16. The number of nitrogens with one attached hydrogen (secondary N) is 1. The highest BCUT2D eigenvalue weighted by atomic mass is 32.2. The van der Waals surface area contributed by atoms with Crippen molar-refractivity contribution in [2.45, 2.75) is 38.1 Å². The van der Waals surface area contributed by atoms with Gasteiger partial charge in [-0.05, 0) is 55.4 Å². The van der Waals surface area contributed by atoms with Crippen LogP contribution < -0.4 is 4.72 Å². The molecular weight excluding hydrogens is 471 g/mol. The minimum Gasteiger partial charge on any atom is -0.465 e. The first-order valence-electron chi connectivity index (χ1n) is 11.6. The predicted molar refractivity (Wildman–Crippen MR) is 133 cm³/mol. The van der Waals surface area contributed by atoms with Gasteiger partial charge in [0.2, 0.25) is 0 Å². The van der Waals surface area contributed by atoms with Crippen molar-refractivity contribution < 1.29 is 22.3 Å². The lowest BCUT2D eigenvalue weighted by atomic mass is 10.1. The van der Waals surface area contributed by atoms with Gasteiger partial charge in [-0.1, -0.05) is 26.0 Å². The van der Waals surface area contributed by atoms with E-state index in [0.29, 0.717) is 12.1 Å². The number of aromatic nitrogens is 2. The van der Waals surface area contributed by atoms with E-state index in [1.807, 2.05) is 18.4 Å². The Balaban J connectivity index is 1.74. The Morgan fingerprint density at radius 2 is 2.03 bits per heavy atom. The van der Waals surface area contributed by atoms with Crippen LogP contribution in [0.5, 0.6) is 0 Å². The maximum atomic E-state index is 14.0. The van der Waals surface area contributed by atoms with Crippen LogP contribution in [0.25, 0.3) is 17.1 Å². The number of esters is 1. The summed E-state index contributed by atoms with van der Waals surface area (Å²) in [7, 11) is -2.94. The summed E-state index contributed by atoms with van der Waals surface area (Å²) in [5.41, 5.74) is 1.47. The number of sulfonamides is 1. The fraction of sp³-hybridized carbons (Fsp3) is 0.360. The largest absolute Gasteiger partial charge is 0.465 e. The SMILES string of the molecule is CCN(CC)C/C=C\c1cc(F)ccc1S(=O)(=O)Nc1ccc2c(nc3n2CCC3)c1C(=O)OC. The van der Waals surface area contributed by atoms with Crippen molar-refractivity contribution >= 4 is 38.8 Å². The second kappa shape index (κ2) is 10.2. The number of methoxy groups -OCH3 is 1. The van der Waals surface area contributed by atoms with E-state index in [9.17, 15) is 17.6 Å². The molecule has 8 nitrogen and oxygen atoms in total. The molecule has 2 aromatic carbocycles. The minimum atomic E-state index is -4.17. The third-order valence-electron chi connectivity index (χ3n) is 6.23. The van der Waals surface area contributed by atoms with Crippen LogP contribution in [-0.4, -0.2) is 55.6 Å². The Morgan fingerprint density at radius 1 is 1.26 bits per heavy atom. The highest BCUT2D eigenvalue weighted by Gasteiger charge is 2.27. The Labute approximate surface area is 204 Å². The van der Waals surface area contributed by atoms with E-state index >= 15 is 0 Å². The molecule has 0 atom stereocenters. The normalized spacial score (nSPS) is 13.6. The van der Waals surface area contributed by atoms with Gasteiger partial charge in [0.1, 0.15) is 22.7 Å². The number of imidazole rings is 1. The first kappa shape index (κ1) is 24.9. The Kier molecular flexibility index (Phi) is 7.23. The highest BCUT2D eigenvalue weighted by Crippen LogP contribution is 2.32. The number of ether oxygens (including phenoxy) is 1. The lowest BCUT2D eigenvalue weighted by Crippen LogP contribution is -2.22. The number of rotatable bonds is 9. The lowest BCUT2D eigenvalue weighted by Gasteiger charge is -2.16. The van der Waals surface area contributed by atoms with Gasteiger partial charge in [-0.15, -0.1) is 0 Å². The summed E-state index contributed by atoms with van der Waals surface area (Å²) in [6, 6.07) is 6.78. The molecule has 0 saturated carbocycles. The van der Waals surface area contributed by atoms with Gasteiger partial charge in [-0.2, -0.15) is 0 Å². The summed E-state index contributed by atoms with van der Waals surface area (Å²) < 4.78 is 50.4. The van der Waals surface area contributed by atoms with E-state index in [1.54, 1.807) is 24.3 Å². The number of anilines is 1. The molecule has 1 aliphatic heterocycles. The molecule has 4 rings (SSSR count). The molecule has 35 heavy (non-hydrogen) atoms. The molecule has 1 aromatic heterocycles. The average Bonchev–Trinajstić information content (AvgIpc) is 3.42. The molecule has 3 aromatic rings. The Hall–Kier alpha value is -3.24. The number of hydrogen-bond donors (Lipinski definition) is 1. The summed E-state index contributed by atoms with van der Waals surface area (Å²) in [6.45, 7) is 7.13. The van der Waals surface area contributed by atoms with Crippen molar-refractivity contribution in [1.29, 1.82) is 0 Å². The second-order valence-electron chi connectivity index (χ2n) is 8.31. The Bertz CT molecular complexity index is 1390. The van der Waals surface area contributed by atoms with Gasteiger partial charge in [-0.3, -0.25) is 4.72 Å². The summed E-state index contributed by atoms with van der Waals surface area (Å²) in [4.78, 5) is 19.3. The molecule has 0 saturated heterocycles. The average molecular weight is 501 g/mol. The molecule has 0 amide bonds. The van der Waals surface area contributed by atoms with Gasteiger partial charge in [0.15, 0.2) is 0 Å². The molecule has 0 aliphatic carbocycles. The van der Waals surface area contributed by atoms with Gasteiger partial charge in [0.25, 0.3) is 10.0 Å². The van der Waals surface area contributed by atoms with Crippen LogP contribution in [0.3, 0.4) is 0 Å². The summed E-state index contributed by atoms with van der Waals surface area (Å²) >= 11 is 0. The van der Waals surface area contributed by atoms with E-state index in [0.717, 1.165) is 49.9 Å². The van der Waals surface area contributed by atoms with E-state index in [2.05, 4.69) is 14.6 Å². The van der Waals surface area contributed by atoms with Crippen LogP contribution in [0.1, 0.15) is 42.0 Å². The lowest BCUT2D eigenvalue weighted by molar-refractivity contribution is 0.0604. The smallest absolute Gasteiger partial charge is 0.342 e. The molecule has 1 N–H and O–H groups in total. The molecule has 0 bridgehead atoms. The third-order valence-corrected chi connectivity index (χ3v) is 7.67. The van der Waals surface area contributed by atoms with Crippen molar-refractivity contribution in [3.63, 3.8) is 0 Å². The third kappa shape index (κ3) is 4.94. The zero-order valence-electron chi connectivity index (χ0n) is 20.0. The van der Waals surface area contributed by atoms with Gasteiger partial charge in [0.05, 0.1) is 23.2 Å². The van der Waals surface area contributed by atoms with Crippen molar-refractivity contribution in [2.24, 2.45) is 0 Å². The molecule has 10 heteroatoms. The summed E-state index contributed by atoms with van der Waals surface area (Å²) in [5, 5.41) is 0. The fourth-order valence-electron chi connectivity index (χ4n) is 4.37. The molecule has 0 radical (unpaired) electrons. The molecule has 186 valence electrons. The quantitative estimate of drug-likeness (QED) is 0.446. The van der Waals surface area contributed by atoms with E-state index in [-0.39, 0.29) is 21.7 Å². The topological polar surface area (TPSA) is 93.5 Å². The molecule has 0 spiro atoms. The van der Waals surface area contributed by atoms with Crippen molar-refractivity contribution in [3.05, 3.63) is 59.2 Å². The molecule has 2 heterocycles. The summed E-state index contributed by atoms with van der Waals surface area (Å²) in [5.74, 6) is -0.386. The number of carbonyl (C=O) groups is 1. The van der Waals surface area contributed by atoms with Crippen LogP contribution in [0.15, 0.2) is 41.3 Å². The first-order valence-corrected chi connectivity index (χ1v) is 13.1. The van der Waals surface area contributed by atoms with Crippen LogP contribution in [0.4, 0.5) is 10.1 Å². The molecule has 0 fully saturated rings. The number of aryl methyl sites for hydroxylation is 2. The molecule has 0 unspecified atom stereocenters. The first-order chi connectivity index (χ1) is 16.8. The number of likely N-dealkylation sites (N-methyl/N-ethyl adjacent to an activating group) is 1. The monoisotopic (exact) mass is 500 g/mol. The van der Waals surface area contributed by atoms with Gasteiger partial charge in [-0.25, -0.2) is 22.6 Å². The zero-order valence-corrected chi connectivity index (χ0v) is 20.9. The number of hydrogen-bond acceptors (Lipinski definition) is 6. The fourth-order valence-corrected chi connectivity index (χ4v) is 5.63. The maximum absolute atomic E-state index is 14.0. The number of fused-ring (bicyclic) bond motifs is 3. The van der Waals surface area contributed by atoms with Gasteiger partial charge < -0.3 is 14.2 Å². The second-order valence-corrected chi connectivity index (χ2v) is 9.96. The minimum absolute atomic E-state index is 0.0520. The Morgan fingerprint density at radius 3 is 2.74 bits per heavy atom. The van der Waals surface area contributed by atoms with Crippen molar-refractivity contribution in [3.8, 4) is 0 Å². The van der Waals surface area contributed by atoms with Crippen molar-refractivity contribution in [2.75, 3.05) is 31.5 Å². The van der Waals surface area contributed by atoms with Crippen LogP contribution >= 0.6 is 0 Å². The van der Waals surface area contributed by atoms with E-state index in [1.165, 1.54) is 19.2 Å². The number of carbonyl (C=O) groups excluding carboxylic acids is 1. The van der Waals surface area contributed by atoms with Gasteiger partial charge >= 0.3 is 5.97 Å². The van der Waals surface area contributed by atoms with Crippen molar-refractivity contribution in [1.82, 2.24) is 14.5 Å². The van der Waals surface area contributed by atoms with Crippen LogP contribution in [-0.2, 0) is 27.7 Å². The van der Waals surface area contributed by atoms with Gasteiger partial charge in [0, 0.05) is 19.5 Å². The maximum Gasteiger partial charge on any atom is 0.342 e. The molecular formula is C25H29FN4O4S. The van der Waals surface area contributed by atoms with Crippen LogP contribution in [0.2, 0.25) is 0 Å². The molecule has 1 aliphatic rings. The van der Waals surface area contributed by atoms with Crippen LogP contribution in [0, 0.1) is 5.82 Å². The number of benzene rings is 2. The van der Waals surface area contributed by atoms with E-state index < -0.39 is 21.8 Å². The highest BCUT2D eigenvalue weighted by molar-refractivity contribution is 7.92.